The van der Waals surface area contributed by atoms with Crippen LogP contribution in [-0.4, -0.2) is 43.3 Å². The molecule has 1 aliphatic rings. The molecule has 0 bridgehead atoms. The molecular weight excluding hydrogens is 396 g/mol. The third-order valence-electron chi connectivity index (χ3n) is 5.21. The van der Waals surface area contributed by atoms with Crippen LogP contribution < -0.4 is 5.32 Å². The molecular formula is C21H26ClN2O3S+. The largest absolute Gasteiger partial charge is 0.332 e. The van der Waals surface area contributed by atoms with Crippen molar-refractivity contribution in [2.45, 2.75) is 32.0 Å². The van der Waals surface area contributed by atoms with E-state index in [2.05, 4.69) is 0 Å². The highest BCUT2D eigenvalue weighted by molar-refractivity contribution is 7.91. The number of carbonyl (C=O) groups excluding carboxylic acids is 1. The monoisotopic (exact) mass is 421 g/mol. The summed E-state index contributed by atoms with van der Waals surface area (Å²) in [5, 5.41) is 2.63. The summed E-state index contributed by atoms with van der Waals surface area (Å²) in [4.78, 5) is 14.8. The van der Waals surface area contributed by atoms with E-state index < -0.39 is 9.84 Å². The van der Waals surface area contributed by atoms with Gasteiger partial charge in [0.1, 0.15) is 6.04 Å². The lowest BCUT2D eigenvalue weighted by Gasteiger charge is -2.28. The van der Waals surface area contributed by atoms with Crippen LogP contribution in [-0.2, 0) is 21.2 Å². The minimum Gasteiger partial charge on any atom is -0.332 e. The van der Waals surface area contributed by atoms with Gasteiger partial charge in [-0.05, 0) is 25.0 Å². The Kier molecular flexibility index (Phi) is 6.75. The first-order valence-electron chi connectivity index (χ1n) is 9.47. The van der Waals surface area contributed by atoms with Crippen molar-refractivity contribution in [3.05, 3.63) is 70.7 Å². The van der Waals surface area contributed by atoms with Crippen molar-refractivity contribution in [3.8, 4) is 0 Å². The Morgan fingerprint density at radius 3 is 2.50 bits per heavy atom. The molecule has 2 atom stereocenters. The summed E-state index contributed by atoms with van der Waals surface area (Å²) in [5.74, 6) is 0.145. The van der Waals surface area contributed by atoms with Gasteiger partial charge in [-0.3, -0.25) is 4.79 Å². The number of quaternary nitrogens is 1. The van der Waals surface area contributed by atoms with E-state index in [1.807, 2.05) is 66.8 Å². The number of hydrogen-bond acceptors (Lipinski definition) is 3. The lowest BCUT2D eigenvalue weighted by atomic mass is 10.1. The molecule has 1 saturated heterocycles. The van der Waals surface area contributed by atoms with Gasteiger partial charge >= 0.3 is 0 Å². The zero-order valence-corrected chi connectivity index (χ0v) is 17.5. The molecule has 1 fully saturated rings. The fourth-order valence-electron chi connectivity index (χ4n) is 3.59. The molecule has 1 heterocycles. The van der Waals surface area contributed by atoms with Crippen LogP contribution in [0.2, 0.25) is 5.02 Å². The van der Waals surface area contributed by atoms with Crippen LogP contribution >= 0.6 is 11.6 Å². The topological polar surface area (TPSA) is 71.1 Å². The molecule has 0 radical (unpaired) electrons. The molecule has 2 aromatic carbocycles. The molecule has 1 aliphatic heterocycles. The number of nitrogens with two attached hydrogens (primary N) is 1. The molecule has 150 valence electrons. The zero-order chi connectivity index (χ0) is 20.1. The minimum atomic E-state index is -3.07. The number of nitrogens with zero attached hydrogens (tertiary/aromatic N) is 1. The van der Waals surface area contributed by atoms with Crippen molar-refractivity contribution in [2.24, 2.45) is 0 Å². The van der Waals surface area contributed by atoms with Crippen molar-refractivity contribution in [3.63, 3.8) is 0 Å². The molecule has 0 spiro atoms. The van der Waals surface area contributed by atoms with Gasteiger partial charge in [-0.1, -0.05) is 60.1 Å². The highest BCUT2D eigenvalue weighted by Crippen LogP contribution is 2.21. The SMILES string of the molecule is C[C@H]([NH2+]CC(=O)N(Cc1ccccc1)[C@H]1CCS(=O)(=O)C1)c1ccccc1Cl. The third kappa shape index (κ3) is 5.34. The molecule has 2 aromatic rings. The van der Waals surface area contributed by atoms with Crippen LogP contribution in [0.4, 0.5) is 0 Å². The van der Waals surface area contributed by atoms with Gasteiger partial charge in [-0.15, -0.1) is 0 Å². The van der Waals surface area contributed by atoms with Gasteiger partial charge in [-0.25, -0.2) is 8.42 Å². The number of benzene rings is 2. The van der Waals surface area contributed by atoms with Crippen LogP contribution in [0.5, 0.6) is 0 Å². The molecule has 1 amide bonds. The normalized spacial score (nSPS) is 19.3. The molecule has 28 heavy (non-hydrogen) atoms. The van der Waals surface area contributed by atoms with Crippen molar-refractivity contribution >= 4 is 27.3 Å². The second-order valence-electron chi connectivity index (χ2n) is 7.31. The minimum absolute atomic E-state index is 0.0311. The van der Waals surface area contributed by atoms with E-state index >= 15 is 0 Å². The second kappa shape index (κ2) is 9.07. The summed E-state index contributed by atoms with van der Waals surface area (Å²) in [7, 11) is -3.07. The van der Waals surface area contributed by atoms with E-state index in [0.29, 0.717) is 18.0 Å². The number of hydrogen-bond donors (Lipinski definition) is 1. The summed E-state index contributed by atoms with van der Waals surface area (Å²) >= 11 is 6.26. The molecule has 0 aromatic heterocycles. The molecule has 0 saturated carbocycles. The first-order valence-corrected chi connectivity index (χ1v) is 11.7. The van der Waals surface area contributed by atoms with Gasteiger partial charge in [0.25, 0.3) is 5.91 Å². The van der Waals surface area contributed by atoms with Crippen LogP contribution in [0.15, 0.2) is 54.6 Å². The highest BCUT2D eigenvalue weighted by Gasteiger charge is 2.35. The van der Waals surface area contributed by atoms with Crippen LogP contribution in [0.1, 0.15) is 30.5 Å². The van der Waals surface area contributed by atoms with Crippen molar-refractivity contribution < 1.29 is 18.5 Å². The fourth-order valence-corrected chi connectivity index (χ4v) is 5.63. The van der Waals surface area contributed by atoms with E-state index in [9.17, 15) is 13.2 Å². The fraction of sp³-hybridized carbons (Fsp3) is 0.381. The molecule has 5 nitrogen and oxygen atoms in total. The lowest BCUT2D eigenvalue weighted by molar-refractivity contribution is -0.683. The number of rotatable bonds is 7. The number of amides is 1. The van der Waals surface area contributed by atoms with E-state index in [1.165, 1.54) is 0 Å². The highest BCUT2D eigenvalue weighted by atomic mass is 35.5. The Labute approximate surface area is 171 Å². The maximum atomic E-state index is 13.0. The van der Waals surface area contributed by atoms with Crippen molar-refractivity contribution in [1.82, 2.24) is 4.90 Å². The third-order valence-corrected chi connectivity index (χ3v) is 7.30. The quantitative estimate of drug-likeness (QED) is 0.744. The van der Waals surface area contributed by atoms with E-state index in [4.69, 9.17) is 11.6 Å². The van der Waals surface area contributed by atoms with Gasteiger partial charge in [0.2, 0.25) is 0 Å². The maximum Gasteiger partial charge on any atom is 0.278 e. The van der Waals surface area contributed by atoms with E-state index in [-0.39, 0.29) is 36.0 Å². The summed E-state index contributed by atoms with van der Waals surface area (Å²) in [6, 6.07) is 17.1. The molecule has 0 unspecified atom stereocenters. The van der Waals surface area contributed by atoms with Gasteiger partial charge in [-0.2, -0.15) is 0 Å². The maximum absolute atomic E-state index is 13.0. The van der Waals surface area contributed by atoms with Crippen LogP contribution in [0, 0.1) is 0 Å². The molecule has 0 aliphatic carbocycles. The number of carbonyl (C=O) groups is 1. The summed E-state index contributed by atoms with van der Waals surface area (Å²) in [5.41, 5.74) is 1.98. The summed E-state index contributed by atoms with van der Waals surface area (Å²) < 4.78 is 23.9. The van der Waals surface area contributed by atoms with Gasteiger partial charge < -0.3 is 10.2 Å². The smallest absolute Gasteiger partial charge is 0.278 e. The predicted molar refractivity (Wildman–Crippen MR) is 111 cm³/mol. The van der Waals surface area contributed by atoms with Gasteiger partial charge in [0, 0.05) is 23.2 Å². The lowest BCUT2D eigenvalue weighted by Crippen LogP contribution is -2.87. The predicted octanol–water partition coefficient (Wildman–Crippen LogP) is 2.18. The Balaban J connectivity index is 1.70. The average Bonchev–Trinajstić information content (AvgIpc) is 3.04. The Bertz CT molecular complexity index is 918. The van der Waals surface area contributed by atoms with Crippen molar-refractivity contribution in [1.29, 1.82) is 0 Å². The Hall–Kier alpha value is -1.89. The van der Waals surface area contributed by atoms with Crippen LogP contribution in [0.25, 0.3) is 0 Å². The molecule has 3 rings (SSSR count). The van der Waals surface area contributed by atoms with Crippen molar-refractivity contribution in [2.75, 3.05) is 18.1 Å². The average molecular weight is 422 g/mol. The molecule has 7 heteroatoms. The van der Waals surface area contributed by atoms with Gasteiger partial charge in [0.05, 0.1) is 11.5 Å². The number of halogens is 1. The summed E-state index contributed by atoms with van der Waals surface area (Å²) in [6.45, 7) is 2.68. The first kappa shape index (κ1) is 20.8. The van der Waals surface area contributed by atoms with Gasteiger partial charge in [0.15, 0.2) is 16.4 Å². The number of sulfone groups is 1. The van der Waals surface area contributed by atoms with E-state index in [1.54, 1.807) is 4.90 Å². The second-order valence-corrected chi connectivity index (χ2v) is 9.95. The van der Waals surface area contributed by atoms with Crippen LogP contribution in [0.3, 0.4) is 0 Å². The zero-order valence-electron chi connectivity index (χ0n) is 15.9. The Morgan fingerprint density at radius 1 is 1.18 bits per heavy atom. The van der Waals surface area contributed by atoms with E-state index in [0.717, 1.165) is 11.1 Å². The summed E-state index contributed by atoms with van der Waals surface area (Å²) in [6.07, 6.45) is 0.501. The Morgan fingerprint density at radius 2 is 1.86 bits per heavy atom. The molecule has 2 N–H and O–H groups in total. The first-order chi connectivity index (χ1) is 13.4. The standard InChI is InChI=1S/C21H25ClN2O3S/c1-16(19-9-5-6-10-20(19)22)23-13-21(25)24(14-17-7-3-2-4-8-17)18-11-12-28(26,27)15-18/h2-10,16,18,23H,11-15H2,1H3/p+1/t16-,18-/m0/s1.